The molecule has 0 saturated carbocycles. The van der Waals surface area contributed by atoms with Crippen molar-refractivity contribution in [3.63, 3.8) is 0 Å². The fourth-order valence-electron chi connectivity index (χ4n) is 2.09. The number of nitrogens with zero attached hydrogens (tertiary/aromatic N) is 2. The van der Waals surface area contributed by atoms with Gasteiger partial charge >= 0.3 is 0 Å². The lowest BCUT2D eigenvalue weighted by Gasteiger charge is -2.15. The molecule has 128 valence electrons. The highest BCUT2D eigenvalue weighted by Crippen LogP contribution is 2.29. The van der Waals surface area contributed by atoms with Gasteiger partial charge in [0, 0.05) is 10.6 Å². The van der Waals surface area contributed by atoms with Crippen LogP contribution in [0.5, 0.6) is 5.75 Å². The van der Waals surface area contributed by atoms with Gasteiger partial charge in [0.2, 0.25) is 5.82 Å². The number of amides is 1. The van der Waals surface area contributed by atoms with Crippen LogP contribution in [0.4, 0.5) is 5.82 Å². The van der Waals surface area contributed by atoms with E-state index in [1.165, 1.54) is 6.07 Å². The van der Waals surface area contributed by atoms with Gasteiger partial charge in [0.25, 0.3) is 5.91 Å². The maximum absolute atomic E-state index is 12.4. The van der Waals surface area contributed by atoms with Gasteiger partial charge in [-0.15, -0.1) is 0 Å². The van der Waals surface area contributed by atoms with Gasteiger partial charge in [0.1, 0.15) is 5.75 Å². The van der Waals surface area contributed by atoms with E-state index in [4.69, 9.17) is 32.6 Å². The van der Waals surface area contributed by atoms with Crippen LogP contribution in [-0.4, -0.2) is 22.3 Å². The molecule has 6 nitrogen and oxygen atoms in total. The van der Waals surface area contributed by atoms with Crippen molar-refractivity contribution in [1.29, 1.82) is 0 Å². The van der Waals surface area contributed by atoms with E-state index in [9.17, 15) is 4.79 Å². The Morgan fingerprint density at radius 2 is 1.92 bits per heavy atom. The third-order valence-electron chi connectivity index (χ3n) is 3.34. The summed E-state index contributed by atoms with van der Waals surface area (Å²) in [5, 5.41) is 11.0. The highest BCUT2D eigenvalue weighted by Gasteiger charge is 2.21. The average molecular weight is 378 g/mol. The second kappa shape index (κ2) is 7.55. The van der Waals surface area contributed by atoms with Crippen LogP contribution in [0.3, 0.4) is 0 Å². The Hall–Kier alpha value is -2.57. The lowest BCUT2D eigenvalue weighted by atomic mass is 10.1. The molecule has 1 atom stereocenters. The molecule has 1 N–H and O–H groups in total. The number of hydrogen-bond acceptors (Lipinski definition) is 5. The van der Waals surface area contributed by atoms with Crippen molar-refractivity contribution >= 4 is 34.9 Å². The molecule has 3 rings (SSSR count). The summed E-state index contributed by atoms with van der Waals surface area (Å²) in [6, 6.07) is 14.0. The van der Waals surface area contributed by atoms with Crippen molar-refractivity contribution in [3.05, 3.63) is 58.6 Å². The van der Waals surface area contributed by atoms with Crippen LogP contribution >= 0.6 is 23.2 Å². The van der Waals surface area contributed by atoms with Gasteiger partial charge in [-0.3, -0.25) is 4.79 Å². The molecular formula is C17H13Cl2N3O3. The van der Waals surface area contributed by atoms with Crippen LogP contribution in [0.15, 0.2) is 53.2 Å². The van der Waals surface area contributed by atoms with Gasteiger partial charge in [0.05, 0.1) is 5.02 Å². The number of halogens is 2. The molecule has 0 aliphatic carbocycles. The Labute approximate surface area is 153 Å². The molecular weight excluding hydrogens is 365 g/mol. The van der Waals surface area contributed by atoms with Gasteiger partial charge in [0.15, 0.2) is 11.8 Å². The SMILES string of the molecule is CC(Oc1ccc(Cl)cc1Cl)C(=O)Nc1nonc1-c1ccccc1. The molecule has 0 radical (unpaired) electrons. The standard InChI is InChI=1S/C17H13Cl2N3O3/c1-10(24-14-8-7-12(18)9-13(14)19)17(23)20-16-15(21-25-22-16)11-5-3-2-4-6-11/h2-10H,1H3,(H,20,22,23). The summed E-state index contributed by atoms with van der Waals surface area (Å²) >= 11 is 11.9. The minimum atomic E-state index is -0.820. The molecule has 1 heterocycles. The number of rotatable bonds is 5. The second-order valence-electron chi connectivity index (χ2n) is 5.15. The van der Waals surface area contributed by atoms with Crippen LogP contribution in [-0.2, 0) is 4.79 Å². The van der Waals surface area contributed by atoms with Gasteiger partial charge in [-0.2, -0.15) is 0 Å². The number of nitrogens with one attached hydrogen (secondary N) is 1. The van der Waals surface area contributed by atoms with E-state index in [0.29, 0.717) is 21.5 Å². The van der Waals surface area contributed by atoms with E-state index in [-0.39, 0.29) is 5.82 Å². The summed E-state index contributed by atoms with van der Waals surface area (Å²) in [6.07, 6.45) is -0.820. The van der Waals surface area contributed by atoms with Gasteiger partial charge in [-0.05, 0) is 35.4 Å². The highest BCUT2D eigenvalue weighted by molar-refractivity contribution is 6.35. The molecule has 0 aliphatic rings. The minimum absolute atomic E-state index is 0.217. The van der Waals surface area contributed by atoms with Crippen molar-refractivity contribution in [3.8, 4) is 17.0 Å². The third kappa shape index (κ3) is 4.10. The van der Waals surface area contributed by atoms with Crippen LogP contribution in [0, 0.1) is 0 Å². The zero-order chi connectivity index (χ0) is 17.8. The summed E-state index contributed by atoms with van der Waals surface area (Å²) in [6.45, 7) is 1.59. The molecule has 8 heteroatoms. The predicted molar refractivity (Wildman–Crippen MR) is 94.9 cm³/mol. The molecule has 25 heavy (non-hydrogen) atoms. The first-order valence-electron chi connectivity index (χ1n) is 7.35. The van der Waals surface area contributed by atoms with Crippen molar-refractivity contribution < 1.29 is 14.2 Å². The van der Waals surface area contributed by atoms with E-state index in [2.05, 4.69) is 15.6 Å². The second-order valence-corrected chi connectivity index (χ2v) is 6.00. The Morgan fingerprint density at radius 1 is 1.16 bits per heavy atom. The zero-order valence-electron chi connectivity index (χ0n) is 13.1. The van der Waals surface area contributed by atoms with E-state index >= 15 is 0 Å². The molecule has 1 aromatic heterocycles. The monoisotopic (exact) mass is 377 g/mol. The van der Waals surface area contributed by atoms with Crippen LogP contribution in [0.25, 0.3) is 11.3 Å². The first kappa shape index (κ1) is 17.3. The Bertz CT molecular complexity index is 884. The predicted octanol–water partition coefficient (Wildman–Crippen LogP) is 4.45. The molecule has 0 spiro atoms. The Morgan fingerprint density at radius 3 is 2.64 bits per heavy atom. The first-order valence-corrected chi connectivity index (χ1v) is 8.10. The number of benzene rings is 2. The fourth-order valence-corrected chi connectivity index (χ4v) is 2.54. The summed E-state index contributed by atoms with van der Waals surface area (Å²) in [4.78, 5) is 12.4. The normalized spacial score (nSPS) is 11.8. The van der Waals surface area contributed by atoms with Crippen molar-refractivity contribution in [2.75, 3.05) is 5.32 Å². The zero-order valence-corrected chi connectivity index (χ0v) is 14.6. The Balaban J connectivity index is 1.71. The number of carbonyl (C=O) groups excluding carboxylic acids is 1. The van der Waals surface area contributed by atoms with E-state index < -0.39 is 12.0 Å². The van der Waals surface area contributed by atoms with Gasteiger partial charge in [-0.25, -0.2) is 4.63 Å². The molecule has 0 saturated heterocycles. The third-order valence-corrected chi connectivity index (χ3v) is 3.87. The quantitative estimate of drug-likeness (QED) is 0.710. The largest absolute Gasteiger partial charge is 0.479 e. The van der Waals surface area contributed by atoms with E-state index in [0.717, 1.165) is 5.56 Å². The average Bonchev–Trinajstić information content (AvgIpc) is 3.06. The van der Waals surface area contributed by atoms with Crippen LogP contribution < -0.4 is 10.1 Å². The minimum Gasteiger partial charge on any atom is -0.479 e. The first-order chi connectivity index (χ1) is 12.0. The smallest absolute Gasteiger partial charge is 0.266 e. The molecule has 0 fully saturated rings. The number of aromatic nitrogens is 2. The summed E-state index contributed by atoms with van der Waals surface area (Å²) in [5.74, 6) is 0.156. The molecule has 0 aliphatic heterocycles. The Kier molecular flexibility index (Phi) is 5.21. The summed E-state index contributed by atoms with van der Waals surface area (Å²) < 4.78 is 10.3. The molecule has 0 bridgehead atoms. The van der Waals surface area contributed by atoms with Gasteiger partial charge < -0.3 is 10.1 Å². The molecule has 3 aromatic rings. The maximum Gasteiger partial charge on any atom is 0.266 e. The highest BCUT2D eigenvalue weighted by atomic mass is 35.5. The van der Waals surface area contributed by atoms with Crippen LogP contribution in [0.1, 0.15) is 6.92 Å². The van der Waals surface area contributed by atoms with Crippen molar-refractivity contribution in [2.24, 2.45) is 0 Å². The van der Waals surface area contributed by atoms with E-state index in [1.54, 1.807) is 19.1 Å². The maximum atomic E-state index is 12.4. The summed E-state index contributed by atoms with van der Waals surface area (Å²) in [7, 11) is 0. The molecule has 1 amide bonds. The van der Waals surface area contributed by atoms with Crippen molar-refractivity contribution in [1.82, 2.24) is 10.3 Å². The van der Waals surface area contributed by atoms with Crippen molar-refractivity contribution in [2.45, 2.75) is 13.0 Å². The topological polar surface area (TPSA) is 77.2 Å². The van der Waals surface area contributed by atoms with E-state index in [1.807, 2.05) is 30.3 Å². The number of anilines is 1. The van der Waals surface area contributed by atoms with Gasteiger partial charge in [-0.1, -0.05) is 53.5 Å². The fraction of sp³-hybridized carbons (Fsp3) is 0.118. The lowest BCUT2D eigenvalue weighted by molar-refractivity contribution is -0.122. The molecule has 2 aromatic carbocycles. The number of carbonyl (C=O) groups is 1. The lowest BCUT2D eigenvalue weighted by Crippen LogP contribution is -2.30. The number of ether oxygens (including phenoxy) is 1. The summed E-state index contributed by atoms with van der Waals surface area (Å²) in [5.41, 5.74) is 1.21. The molecule has 1 unspecified atom stereocenters. The van der Waals surface area contributed by atoms with Crippen LogP contribution in [0.2, 0.25) is 10.0 Å². The number of hydrogen-bond donors (Lipinski definition) is 1.